The molecule has 19 heavy (non-hydrogen) atoms. The minimum absolute atomic E-state index is 0. The Labute approximate surface area is 128 Å². The number of amides is 1. The van der Waals surface area contributed by atoms with Gasteiger partial charge in [0, 0.05) is 11.3 Å². The first-order valence-electron chi connectivity index (χ1n) is 7.26. The maximum atomic E-state index is 12.0. The SMILES string of the molecule is CCSC1CCCC(NC(=O)C(N)C(C)CC)C1.Cl. The van der Waals surface area contributed by atoms with Crippen molar-refractivity contribution >= 4 is 30.1 Å². The van der Waals surface area contributed by atoms with Crippen LogP contribution in [0.1, 0.15) is 52.9 Å². The molecule has 0 saturated heterocycles. The van der Waals surface area contributed by atoms with Crippen molar-refractivity contribution in [2.24, 2.45) is 11.7 Å². The monoisotopic (exact) mass is 308 g/mol. The van der Waals surface area contributed by atoms with Gasteiger partial charge in [-0.3, -0.25) is 4.79 Å². The summed E-state index contributed by atoms with van der Waals surface area (Å²) in [5.41, 5.74) is 5.96. The van der Waals surface area contributed by atoms with Crippen LogP contribution in [0.4, 0.5) is 0 Å². The lowest BCUT2D eigenvalue weighted by Crippen LogP contribution is -2.49. The Kier molecular flexibility index (Phi) is 9.93. The van der Waals surface area contributed by atoms with Gasteiger partial charge in [0.15, 0.2) is 0 Å². The molecule has 0 aromatic heterocycles. The number of thioether (sulfide) groups is 1. The second-order valence-corrected chi connectivity index (χ2v) is 6.94. The molecule has 0 aromatic rings. The molecule has 1 aliphatic carbocycles. The first-order valence-corrected chi connectivity index (χ1v) is 8.30. The molecule has 1 saturated carbocycles. The van der Waals surface area contributed by atoms with E-state index in [0.29, 0.717) is 11.3 Å². The van der Waals surface area contributed by atoms with Crippen LogP contribution < -0.4 is 11.1 Å². The average Bonchev–Trinajstić information content (AvgIpc) is 2.37. The van der Waals surface area contributed by atoms with E-state index in [1.54, 1.807) is 0 Å². The Balaban J connectivity index is 0.00000324. The quantitative estimate of drug-likeness (QED) is 0.793. The van der Waals surface area contributed by atoms with E-state index in [0.717, 1.165) is 25.0 Å². The highest BCUT2D eigenvalue weighted by molar-refractivity contribution is 7.99. The molecule has 1 rings (SSSR count). The van der Waals surface area contributed by atoms with Crippen LogP contribution in [-0.4, -0.2) is 29.0 Å². The van der Waals surface area contributed by atoms with Gasteiger partial charge in [0.05, 0.1) is 6.04 Å². The average molecular weight is 309 g/mol. The van der Waals surface area contributed by atoms with E-state index in [1.165, 1.54) is 12.8 Å². The first kappa shape index (κ1) is 19.1. The molecule has 4 atom stereocenters. The number of nitrogens with one attached hydrogen (secondary N) is 1. The summed E-state index contributed by atoms with van der Waals surface area (Å²) in [5, 5.41) is 3.86. The maximum Gasteiger partial charge on any atom is 0.237 e. The smallest absolute Gasteiger partial charge is 0.237 e. The minimum atomic E-state index is -0.353. The summed E-state index contributed by atoms with van der Waals surface area (Å²) in [4.78, 5) is 12.0. The van der Waals surface area contributed by atoms with Gasteiger partial charge in [0.25, 0.3) is 0 Å². The first-order chi connectivity index (χ1) is 8.58. The zero-order valence-electron chi connectivity index (χ0n) is 12.4. The Morgan fingerprint density at radius 1 is 1.42 bits per heavy atom. The number of carbonyl (C=O) groups is 1. The van der Waals surface area contributed by atoms with Crippen molar-refractivity contribution < 1.29 is 4.79 Å². The van der Waals surface area contributed by atoms with Gasteiger partial charge in [0.1, 0.15) is 0 Å². The van der Waals surface area contributed by atoms with Crippen LogP contribution in [0.25, 0.3) is 0 Å². The lowest BCUT2D eigenvalue weighted by molar-refractivity contribution is -0.124. The molecule has 0 heterocycles. The molecule has 1 aliphatic rings. The Morgan fingerprint density at radius 3 is 2.68 bits per heavy atom. The third-order valence-electron chi connectivity index (χ3n) is 3.93. The van der Waals surface area contributed by atoms with E-state index in [4.69, 9.17) is 5.73 Å². The fourth-order valence-electron chi connectivity index (χ4n) is 2.47. The number of rotatable bonds is 6. The summed E-state index contributed by atoms with van der Waals surface area (Å²) in [7, 11) is 0. The van der Waals surface area contributed by atoms with E-state index < -0.39 is 0 Å². The molecular weight excluding hydrogens is 280 g/mol. The van der Waals surface area contributed by atoms with Gasteiger partial charge in [-0.2, -0.15) is 11.8 Å². The fourth-order valence-corrected chi connectivity index (χ4v) is 3.65. The third kappa shape index (κ3) is 6.37. The van der Waals surface area contributed by atoms with Crippen LogP contribution in [0, 0.1) is 5.92 Å². The molecule has 1 amide bonds. The topological polar surface area (TPSA) is 55.1 Å². The molecule has 114 valence electrons. The Morgan fingerprint density at radius 2 is 2.11 bits per heavy atom. The molecule has 3 nitrogen and oxygen atoms in total. The highest BCUT2D eigenvalue weighted by Crippen LogP contribution is 2.28. The lowest BCUT2D eigenvalue weighted by Gasteiger charge is -2.30. The highest BCUT2D eigenvalue weighted by Gasteiger charge is 2.26. The van der Waals surface area contributed by atoms with Gasteiger partial charge in [-0.15, -0.1) is 12.4 Å². The van der Waals surface area contributed by atoms with Gasteiger partial charge in [0.2, 0.25) is 5.91 Å². The van der Waals surface area contributed by atoms with Gasteiger partial charge >= 0.3 is 0 Å². The van der Waals surface area contributed by atoms with Crippen molar-refractivity contribution in [3.8, 4) is 0 Å². The van der Waals surface area contributed by atoms with E-state index in [1.807, 2.05) is 18.7 Å². The zero-order chi connectivity index (χ0) is 13.5. The van der Waals surface area contributed by atoms with Crippen LogP contribution in [0.2, 0.25) is 0 Å². The van der Waals surface area contributed by atoms with Gasteiger partial charge in [-0.05, 0) is 30.9 Å². The van der Waals surface area contributed by atoms with Crippen LogP contribution in [0.5, 0.6) is 0 Å². The van der Waals surface area contributed by atoms with Crippen molar-refractivity contribution in [1.82, 2.24) is 5.32 Å². The Bertz CT molecular complexity index is 264. The summed E-state index contributed by atoms with van der Waals surface area (Å²) >= 11 is 2.02. The second kappa shape index (κ2) is 9.89. The number of carbonyl (C=O) groups excluding carboxylic acids is 1. The molecule has 0 bridgehead atoms. The summed E-state index contributed by atoms with van der Waals surface area (Å²) < 4.78 is 0. The van der Waals surface area contributed by atoms with Crippen LogP contribution in [0.3, 0.4) is 0 Å². The zero-order valence-corrected chi connectivity index (χ0v) is 14.0. The van der Waals surface area contributed by atoms with Crippen molar-refractivity contribution in [3.63, 3.8) is 0 Å². The molecule has 0 aromatic carbocycles. The van der Waals surface area contributed by atoms with Gasteiger partial charge < -0.3 is 11.1 Å². The van der Waals surface area contributed by atoms with E-state index >= 15 is 0 Å². The Hall–Kier alpha value is 0.0700. The van der Waals surface area contributed by atoms with Crippen molar-refractivity contribution in [3.05, 3.63) is 0 Å². The number of nitrogens with two attached hydrogens (primary N) is 1. The fraction of sp³-hybridized carbons (Fsp3) is 0.929. The van der Waals surface area contributed by atoms with E-state index in [9.17, 15) is 4.79 Å². The second-order valence-electron chi connectivity index (χ2n) is 5.36. The molecule has 5 heteroatoms. The highest BCUT2D eigenvalue weighted by atomic mass is 35.5. The minimum Gasteiger partial charge on any atom is -0.352 e. The summed E-state index contributed by atoms with van der Waals surface area (Å²) in [6, 6.07) is -0.0142. The van der Waals surface area contributed by atoms with E-state index in [-0.39, 0.29) is 30.3 Å². The molecule has 4 unspecified atom stereocenters. The lowest BCUT2D eigenvalue weighted by atomic mass is 9.93. The number of hydrogen-bond acceptors (Lipinski definition) is 3. The maximum absolute atomic E-state index is 12.0. The molecule has 0 radical (unpaired) electrons. The van der Waals surface area contributed by atoms with E-state index in [2.05, 4.69) is 19.2 Å². The molecule has 0 aliphatic heterocycles. The predicted molar refractivity (Wildman–Crippen MR) is 87.0 cm³/mol. The molecular formula is C14H29ClN2OS. The summed E-state index contributed by atoms with van der Waals surface area (Å²) in [6.45, 7) is 6.32. The van der Waals surface area contributed by atoms with Crippen LogP contribution in [0.15, 0.2) is 0 Å². The normalized spacial score (nSPS) is 26.1. The summed E-state index contributed by atoms with van der Waals surface area (Å²) in [5.74, 6) is 1.46. The van der Waals surface area contributed by atoms with Gasteiger partial charge in [-0.25, -0.2) is 0 Å². The van der Waals surface area contributed by atoms with Crippen molar-refractivity contribution in [1.29, 1.82) is 0 Å². The predicted octanol–water partition coefficient (Wildman–Crippen LogP) is 2.96. The molecule has 0 spiro atoms. The van der Waals surface area contributed by atoms with Crippen LogP contribution >= 0.6 is 24.2 Å². The largest absolute Gasteiger partial charge is 0.352 e. The third-order valence-corrected chi connectivity index (χ3v) is 5.17. The standard InChI is InChI=1S/C14H28N2OS.ClH/c1-4-10(3)13(15)14(17)16-11-7-6-8-12(9-11)18-5-2;/h10-13H,4-9,15H2,1-3H3,(H,16,17);1H. The van der Waals surface area contributed by atoms with Gasteiger partial charge in [-0.1, -0.05) is 33.6 Å². The van der Waals surface area contributed by atoms with Crippen molar-refractivity contribution in [2.45, 2.75) is 70.2 Å². The number of hydrogen-bond donors (Lipinski definition) is 2. The number of halogens is 1. The summed E-state index contributed by atoms with van der Waals surface area (Å²) in [6.07, 6.45) is 5.69. The van der Waals surface area contributed by atoms with Crippen molar-refractivity contribution in [2.75, 3.05) is 5.75 Å². The molecule has 3 N–H and O–H groups in total. The molecule has 1 fully saturated rings. The van der Waals surface area contributed by atoms with Crippen LogP contribution in [-0.2, 0) is 4.79 Å².